The molecule has 2 aliphatic carbocycles. The number of esters is 2. The zero-order chi connectivity index (χ0) is 26.8. The van der Waals surface area contributed by atoms with Crippen molar-refractivity contribution in [3.8, 4) is 0 Å². The molecule has 0 amide bonds. The molecular formula is C26H40O10. The molecule has 0 aromatic rings. The van der Waals surface area contributed by atoms with Gasteiger partial charge in [0.2, 0.25) is 6.29 Å². The highest BCUT2D eigenvalue weighted by molar-refractivity contribution is 5.89. The summed E-state index contributed by atoms with van der Waals surface area (Å²) >= 11 is 0. The maximum atomic E-state index is 12.6. The molecule has 0 radical (unpaired) electrons. The number of hydrogen-bond donors (Lipinski definition) is 5. The van der Waals surface area contributed by atoms with Crippen LogP contribution in [0, 0.1) is 11.8 Å². The van der Waals surface area contributed by atoms with Gasteiger partial charge in [-0.05, 0) is 78.1 Å². The van der Waals surface area contributed by atoms with E-state index in [-0.39, 0.29) is 11.8 Å². The van der Waals surface area contributed by atoms with Gasteiger partial charge in [0.15, 0.2) is 0 Å². The number of carbonyl (C=O) groups excluding carboxylic acids is 2. The van der Waals surface area contributed by atoms with Gasteiger partial charge in [-0.2, -0.15) is 0 Å². The van der Waals surface area contributed by atoms with E-state index in [9.17, 15) is 35.1 Å². The molecule has 1 saturated heterocycles. The van der Waals surface area contributed by atoms with Crippen LogP contribution < -0.4 is 0 Å². The molecule has 3 rings (SSSR count). The molecule has 7 atom stereocenters. The summed E-state index contributed by atoms with van der Waals surface area (Å²) in [5, 5.41) is 51.2. The van der Waals surface area contributed by atoms with E-state index < -0.39 is 60.5 Å². The van der Waals surface area contributed by atoms with Crippen molar-refractivity contribution in [3.05, 3.63) is 23.3 Å². The van der Waals surface area contributed by atoms with Gasteiger partial charge in [0.25, 0.3) is 0 Å². The van der Waals surface area contributed by atoms with Crippen molar-refractivity contribution < 1.29 is 49.3 Å². The van der Waals surface area contributed by atoms with Crippen molar-refractivity contribution in [1.82, 2.24) is 0 Å². The first-order valence-corrected chi connectivity index (χ1v) is 12.6. The van der Waals surface area contributed by atoms with E-state index >= 15 is 0 Å². The Morgan fingerprint density at radius 3 is 1.81 bits per heavy atom. The molecule has 1 aliphatic heterocycles. The summed E-state index contributed by atoms with van der Waals surface area (Å²) in [6, 6.07) is 0. The first-order chi connectivity index (χ1) is 16.7. The average Bonchev–Trinajstić information content (AvgIpc) is 2.82. The van der Waals surface area contributed by atoms with E-state index in [0.29, 0.717) is 49.7 Å². The highest BCUT2D eigenvalue weighted by Crippen LogP contribution is 2.34. The van der Waals surface area contributed by atoms with Crippen molar-refractivity contribution in [2.24, 2.45) is 11.8 Å². The summed E-state index contributed by atoms with van der Waals surface area (Å²) in [4.78, 5) is 25.1. The van der Waals surface area contributed by atoms with E-state index in [4.69, 9.17) is 14.2 Å². The van der Waals surface area contributed by atoms with E-state index in [1.165, 1.54) is 0 Å². The summed E-state index contributed by atoms with van der Waals surface area (Å²) in [5.41, 5.74) is -0.883. The van der Waals surface area contributed by atoms with Gasteiger partial charge < -0.3 is 39.7 Å². The van der Waals surface area contributed by atoms with Crippen molar-refractivity contribution in [3.63, 3.8) is 0 Å². The van der Waals surface area contributed by atoms with Crippen LogP contribution in [0.1, 0.15) is 66.2 Å². The molecule has 10 heteroatoms. The lowest BCUT2D eigenvalue weighted by molar-refractivity contribution is -0.292. The molecule has 1 fully saturated rings. The quantitative estimate of drug-likeness (QED) is 0.309. The van der Waals surface area contributed by atoms with Crippen LogP contribution in [0.5, 0.6) is 0 Å². The Hall–Kier alpha value is -1.82. The Morgan fingerprint density at radius 2 is 1.36 bits per heavy atom. The van der Waals surface area contributed by atoms with Crippen LogP contribution in [-0.2, 0) is 23.8 Å². The minimum atomic E-state index is -1.69. The van der Waals surface area contributed by atoms with Crippen molar-refractivity contribution in [1.29, 1.82) is 0 Å². The Kier molecular flexibility index (Phi) is 9.01. The Bertz CT molecular complexity index is 863. The van der Waals surface area contributed by atoms with Crippen LogP contribution in [0.3, 0.4) is 0 Å². The lowest BCUT2D eigenvalue weighted by Gasteiger charge is -2.39. The maximum Gasteiger partial charge on any atom is 0.336 e. The molecule has 0 spiro atoms. The fourth-order valence-corrected chi connectivity index (χ4v) is 4.91. The molecule has 3 aliphatic rings. The Labute approximate surface area is 211 Å². The standard InChI is InChI=1S/C26H40O10/c1-25(2,32)16-9-5-14(6-10-16)22(30)34-13-18-19(27)20(28)21(29)24(35-18)36-23(31)15-7-11-17(12-8-15)26(3,4)33/h5,7,16-21,24,27-29,32-33H,6,8-13H2,1-4H3/t16-,17-,18+,19+,20-,21+,24-/m0/s1. The molecule has 204 valence electrons. The van der Waals surface area contributed by atoms with Gasteiger partial charge in [-0.3, -0.25) is 0 Å². The number of aliphatic hydroxyl groups is 5. The first kappa shape index (κ1) is 28.7. The van der Waals surface area contributed by atoms with Gasteiger partial charge in [-0.1, -0.05) is 12.2 Å². The molecule has 1 heterocycles. The highest BCUT2D eigenvalue weighted by Gasteiger charge is 2.46. The Balaban J connectivity index is 1.56. The minimum Gasteiger partial charge on any atom is -0.459 e. The van der Waals surface area contributed by atoms with Crippen molar-refractivity contribution in [2.75, 3.05) is 6.61 Å². The third kappa shape index (κ3) is 6.93. The van der Waals surface area contributed by atoms with Gasteiger partial charge in [-0.25, -0.2) is 9.59 Å². The van der Waals surface area contributed by atoms with Gasteiger partial charge in [0.1, 0.15) is 31.0 Å². The van der Waals surface area contributed by atoms with E-state index in [0.717, 1.165) is 0 Å². The molecule has 36 heavy (non-hydrogen) atoms. The zero-order valence-electron chi connectivity index (χ0n) is 21.4. The van der Waals surface area contributed by atoms with Crippen LogP contribution in [0.4, 0.5) is 0 Å². The number of hydrogen-bond acceptors (Lipinski definition) is 10. The van der Waals surface area contributed by atoms with E-state index in [1.54, 1.807) is 39.8 Å². The summed E-state index contributed by atoms with van der Waals surface area (Å²) in [7, 11) is 0. The zero-order valence-corrected chi connectivity index (χ0v) is 21.4. The second-order valence-corrected chi connectivity index (χ2v) is 11.2. The highest BCUT2D eigenvalue weighted by atomic mass is 16.7. The smallest absolute Gasteiger partial charge is 0.336 e. The predicted molar refractivity (Wildman–Crippen MR) is 127 cm³/mol. The van der Waals surface area contributed by atoms with Crippen LogP contribution in [0.2, 0.25) is 0 Å². The molecule has 0 saturated carbocycles. The number of rotatable bonds is 7. The molecule has 5 N–H and O–H groups in total. The summed E-state index contributed by atoms with van der Waals surface area (Å²) < 4.78 is 16.1. The van der Waals surface area contributed by atoms with Crippen LogP contribution in [-0.4, -0.2) is 86.0 Å². The molecule has 0 aromatic heterocycles. The monoisotopic (exact) mass is 512 g/mol. The van der Waals surface area contributed by atoms with Gasteiger partial charge in [0, 0.05) is 11.1 Å². The maximum absolute atomic E-state index is 12.6. The number of carbonyl (C=O) groups is 2. The lowest BCUT2D eigenvalue weighted by Crippen LogP contribution is -2.59. The van der Waals surface area contributed by atoms with E-state index in [2.05, 4.69) is 0 Å². The van der Waals surface area contributed by atoms with E-state index in [1.807, 2.05) is 0 Å². The number of aliphatic hydroxyl groups excluding tert-OH is 3. The summed E-state index contributed by atoms with van der Waals surface area (Å²) in [5.74, 6) is -1.28. The van der Waals surface area contributed by atoms with Crippen molar-refractivity contribution >= 4 is 11.9 Å². The summed E-state index contributed by atoms with van der Waals surface area (Å²) in [6.07, 6.45) is -1.24. The van der Waals surface area contributed by atoms with Crippen LogP contribution >= 0.6 is 0 Å². The lowest BCUT2D eigenvalue weighted by atomic mass is 9.79. The van der Waals surface area contributed by atoms with Crippen molar-refractivity contribution in [2.45, 2.75) is 108 Å². The van der Waals surface area contributed by atoms with Crippen LogP contribution in [0.25, 0.3) is 0 Å². The third-order valence-electron chi connectivity index (χ3n) is 7.61. The minimum absolute atomic E-state index is 0.00176. The van der Waals surface area contributed by atoms with Crippen LogP contribution in [0.15, 0.2) is 23.3 Å². The number of ether oxygens (including phenoxy) is 3. The molecule has 0 unspecified atom stereocenters. The molecule has 10 nitrogen and oxygen atoms in total. The second-order valence-electron chi connectivity index (χ2n) is 11.2. The fourth-order valence-electron chi connectivity index (χ4n) is 4.91. The third-order valence-corrected chi connectivity index (χ3v) is 7.61. The first-order valence-electron chi connectivity index (χ1n) is 12.6. The second kappa shape index (κ2) is 11.3. The SMILES string of the molecule is CC(C)(O)[C@H]1CC=C(C(=O)OC[C@H]2O[C@@H](OC(=O)C3=CC[C@H](C(C)(C)O)CC3)[C@H](O)[C@@H](O)[C@@H]2O)CC1. The fraction of sp³-hybridized carbons (Fsp3) is 0.769. The largest absolute Gasteiger partial charge is 0.459 e. The predicted octanol–water partition coefficient (Wildman–Crippen LogP) is 0.875. The molecular weight excluding hydrogens is 472 g/mol. The Morgan fingerprint density at radius 1 is 0.861 bits per heavy atom. The van der Waals surface area contributed by atoms with Gasteiger partial charge in [0.05, 0.1) is 11.2 Å². The molecule has 0 aromatic carbocycles. The van der Waals surface area contributed by atoms with Gasteiger partial charge >= 0.3 is 11.9 Å². The average molecular weight is 513 g/mol. The molecule has 0 bridgehead atoms. The number of allylic oxidation sites excluding steroid dienone is 2. The normalized spacial score (nSPS) is 33.9. The van der Waals surface area contributed by atoms with Gasteiger partial charge in [-0.15, -0.1) is 0 Å². The topological polar surface area (TPSA) is 163 Å². The summed E-state index contributed by atoms with van der Waals surface area (Å²) in [6.45, 7) is 6.49.